The van der Waals surface area contributed by atoms with Crippen LogP contribution in [0, 0.1) is 6.92 Å². The van der Waals surface area contributed by atoms with Crippen LogP contribution in [-0.4, -0.2) is 19.6 Å². The molecule has 0 spiro atoms. The lowest BCUT2D eigenvalue weighted by atomic mass is 10.2. The molecule has 21 heavy (non-hydrogen) atoms. The number of methoxy groups -OCH3 is 1. The Morgan fingerprint density at radius 3 is 2.71 bits per heavy atom. The standard InChI is InChI=1S/C16H16ClNO3/c1-11-9-12(7-8-13(11)17)21-10-16(19)18-14-5-3-4-6-15(14)20-2/h3-9H,10H2,1-2H3,(H,18,19). The van der Waals surface area contributed by atoms with E-state index in [1.807, 2.05) is 19.1 Å². The molecule has 2 rings (SSSR count). The maximum Gasteiger partial charge on any atom is 0.262 e. The summed E-state index contributed by atoms with van der Waals surface area (Å²) in [7, 11) is 1.55. The van der Waals surface area contributed by atoms with E-state index in [4.69, 9.17) is 21.1 Å². The molecule has 0 aliphatic carbocycles. The Labute approximate surface area is 128 Å². The summed E-state index contributed by atoms with van der Waals surface area (Å²) in [5.74, 6) is 0.951. The lowest BCUT2D eigenvalue weighted by molar-refractivity contribution is -0.118. The van der Waals surface area contributed by atoms with E-state index >= 15 is 0 Å². The monoisotopic (exact) mass is 305 g/mol. The Bertz CT molecular complexity index is 643. The van der Waals surface area contributed by atoms with Crippen molar-refractivity contribution in [1.29, 1.82) is 0 Å². The molecular weight excluding hydrogens is 290 g/mol. The lowest BCUT2D eigenvalue weighted by Crippen LogP contribution is -2.20. The van der Waals surface area contributed by atoms with Gasteiger partial charge in [0.25, 0.3) is 5.91 Å². The number of benzene rings is 2. The van der Waals surface area contributed by atoms with E-state index in [9.17, 15) is 4.79 Å². The molecule has 1 N–H and O–H groups in total. The first kappa shape index (κ1) is 15.2. The summed E-state index contributed by atoms with van der Waals surface area (Å²) in [4.78, 5) is 11.9. The van der Waals surface area contributed by atoms with Crippen LogP contribution in [0.2, 0.25) is 5.02 Å². The highest BCUT2D eigenvalue weighted by atomic mass is 35.5. The summed E-state index contributed by atoms with van der Waals surface area (Å²) in [6.07, 6.45) is 0. The molecule has 0 atom stereocenters. The molecule has 0 aromatic heterocycles. The van der Waals surface area contributed by atoms with Crippen molar-refractivity contribution in [1.82, 2.24) is 0 Å². The van der Waals surface area contributed by atoms with Crippen LogP contribution < -0.4 is 14.8 Å². The Kier molecular flexibility index (Phi) is 5.06. The average molecular weight is 306 g/mol. The number of ether oxygens (including phenoxy) is 2. The molecule has 0 bridgehead atoms. The van der Waals surface area contributed by atoms with Crippen molar-refractivity contribution in [3.63, 3.8) is 0 Å². The van der Waals surface area contributed by atoms with Crippen LogP contribution in [-0.2, 0) is 4.79 Å². The number of hydrogen-bond donors (Lipinski definition) is 1. The van der Waals surface area contributed by atoms with Gasteiger partial charge in [-0.05, 0) is 42.8 Å². The van der Waals surface area contributed by atoms with E-state index in [2.05, 4.69) is 5.32 Å². The lowest BCUT2D eigenvalue weighted by Gasteiger charge is -2.11. The van der Waals surface area contributed by atoms with Gasteiger partial charge in [-0.1, -0.05) is 23.7 Å². The molecule has 0 aliphatic heterocycles. The number of rotatable bonds is 5. The van der Waals surface area contributed by atoms with Gasteiger partial charge >= 0.3 is 0 Å². The zero-order valence-electron chi connectivity index (χ0n) is 11.9. The number of nitrogens with one attached hydrogen (secondary N) is 1. The maximum atomic E-state index is 11.9. The number of aryl methyl sites for hydroxylation is 1. The van der Waals surface area contributed by atoms with Gasteiger partial charge in [0.2, 0.25) is 0 Å². The second-order valence-electron chi connectivity index (χ2n) is 4.45. The van der Waals surface area contributed by atoms with Gasteiger partial charge in [0.15, 0.2) is 6.61 Å². The normalized spacial score (nSPS) is 10.0. The highest BCUT2D eigenvalue weighted by Gasteiger charge is 2.08. The van der Waals surface area contributed by atoms with Crippen molar-refractivity contribution in [2.75, 3.05) is 19.0 Å². The second-order valence-corrected chi connectivity index (χ2v) is 4.86. The molecule has 4 nitrogen and oxygen atoms in total. The predicted molar refractivity (Wildman–Crippen MR) is 83.3 cm³/mol. The Morgan fingerprint density at radius 1 is 1.24 bits per heavy atom. The maximum absolute atomic E-state index is 11.9. The van der Waals surface area contributed by atoms with E-state index in [-0.39, 0.29) is 12.5 Å². The predicted octanol–water partition coefficient (Wildman–Crippen LogP) is 3.67. The Hall–Kier alpha value is -2.20. The van der Waals surface area contributed by atoms with E-state index in [1.165, 1.54) is 0 Å². The number of hydrogen-bond acceptors (Lipinski definition) is 3. The smallest absolute Gasteiger partial charge is 0.262 e. The number of carbonyl (C=O) groups excluding carboxylic acids is 1. The Morgan fingerprint density at radius 2 is 2.00 bits per heavy atom. The molecule has 1 amide bonds. The van der Waals surface area contributed by atoms with Crippen LogP contribution in [0.4, 0.5) is 5.69 Å². The molecule has 0 unspecified atom stereocenters. The van der Waals surface area contributed by atoms with Gasteiger partial charge in [0, 0.05) is 5.02 Å². The minimum absolute atomic E-state index is 0.0842. The van der Waals surface area contributed by atoms with Crippen molar-refractivity contribution in [2.24, 2.45) is 0 Å². The number of halogens is 1. The van der Waals surface area contributed by atoms with Gasteiger partial charge < -0.3 is 14.8 Å². The van der Waals surface area contributed by atoms with E-state index in [1.54, 1.807) is 37.4 Å². The first-order chi connectivity index (χ1) is 10.1. The molecule has 0 radical (unpaired) electrons. The molecule has 0 saturated carbocycles. The third-order valence-electron chi connectivity index (χ3n) is 2.88. The molecule has 5 heteroatoms. The van der Waals surface area contributed by atoms with Gasteiger partial charge in [0.05, 0.1) is 12.8 Å². The van der Waals surface area contributed by atoms with Gasteiger partial charge in [-0.3, -0.25) is 4.79 Å². The van der Waals surface area contributed by atoms with Crippen LogP contribution in [0.1, 0.15) is 5.56 Å². The molecule has 0 heterocycles. The van der Waals surface area contributed by atoms with Crippen molar-refractivity contribution in [3.05, 3.63) is 53.1 Å². The minimum atomic E-state index is -0.257. The second kappa shape index (κ2) is 6.99. The fourth-order valence-corrected chi connectivity index (χ4v) is 1.91. The van der Waals surface area contributed by atoms with Crippen LogP contribution in [0.15, 0.2) is 42.5 Å². The van der Waals surface area contributed by atoms with Crippen molar-refractivity contribution in [2.45, 2.75) is 6.92 Å². The van der Waals surface area contributed by atoms with Gasteiger partial charge in [-0.15, -0.1) is 0 Å². The number of carbonyl (C=O) groups is 1. The first-order valence-electron chi connectivity index (χ1n) is 6.42. The van der Waals surface area contributed by atoms with E-state index < -0.39 is 0 Å². The number of para-hydroxylation sites is 2. The average Bonchev–Trinajstić information content (AvgIpc) is 2.49. The summed E-state index contributed by atoms with van der Waals surface area (Å²) in [5.41, 5.74) is 1.51. The largest absolute Gasteiger partial charge is 0.495 e. The van der Waals surface area contributed by atoms with Gasteiger partial charge in [0.1, 0.15) is 11.5 Å². The molecular formula is C16H16ClNO3. The quantitative estimate of drug-likeness (QED) is 0.916. The molecule has 2 aromatic carbocycles. The van der Waals surface area contributed by atoms with Crippen LogP contribution in [0.5, 0.6) is 11.5 Å². The van der Waals surface area contributed by atoms with E-state index in [0.29, 0.717) is 22.2 Å². The molecule has 0 fully saturated rings. The minimum Gasteiger partial charge on any atom is -0.495 e. The summed E-state index contributed by atoms with van der Waals surface area (Å²) in [6.45, 7) is 1.79. The fraction of sp³-hybridized carbons (Fsp3) is 0.188. The molecule has 0 saturated heterocycles. The SMILES string of the molecule is COc1ccccc1NC(=O)COc1ccc(Cl)c(C)c1. The van der Waals surface area contributed by atoms with Crippen molar-refractivity contribution >= 4 is 23.2 Å². The number of anilines is 1. The summed E-state index contributed by atoms with van der Waals surface area (Å²) < 4.78 is 10.6. The fourth-order valence-electron chi connectivity index (χ4n) is 1.79. The van der Waals surface area contributed by atoms with Gasteiger partial charge in [-0.2, -0.15) is 0 Å². The molecule has 110 valence electrons. The number of amides is 1. The third-order valence-corrected chi connectivity index (χ3v) is 3.30. The van der Waals surface area contributed by atoms with Crippen LogP contribution in [0.3, 0.4) is 0 Å². The van der Waals surface area contributed by atoms with Crippen molar-refractivity contribution in [3.8, 4) is 11.5 Å². The zero-order chi connectivity index (χ0) is 15.2. The van der Waals surface area contributed by atoms with Crippen LogP contribution in [0.25, 0.3) is 0 Å². The van der Waals surface area contributed by atoms with Crippen molar-refractivity contribution < 1.29 is 14.3 Å². The van der Waals surface area contributed by atoms with Gasteiger partial charge in [-0.25, -0.2) is 0 Å². The topological polar surface area (TPSA) is 47.6 Å². The third kappa shape index (κ3) is 4.13. The summed E-state index contributed by atoms with van der Waals surface area (Å²) >= 11 is 5.94. The summed E-state index contributed by atoms with van der Waals surface area (Å²) in [6, 6.07) is 12.5. The van der Waals surface area contributed by atoms with E-state index in [0.717, 1.165) is 5.56 Å². The zero-order valence-corrected chi connectivity index (χ0v) is 12.6. The van der Waals surface area contributed by atoms with Crippen LogP contribution >= 0.6 is 11.6 Å². The highest BCUT2D eigenvalue weighted by molar-refractivity contribution is 6.31. The highest BCUT2D eigenvalue weighted by Crippen LogP contribution is 2.23. The summed E-state index contributed by atoms with van der Waals surface area (Å²) in [5, 5.41) is 3.41. The Balaban J connectivity index is 1.94. The first-order valence-corrected chi connectivity index (χ1v) is 6.80. The molecule has 2 aromatic rings. The molecule has 0 aliphatic rings.